The average molecular weight is 387 g/mol. The van der Waals surface area contributed by atoms with E-state index in [9.17, 15) is 15.3 Å². The third kappa shape index (κ3) is 11.7. The topological polar surface area (TPSA) is 79.2 Å². The predicted molar refractivity (Wildman–Crippen MR) is 109 cm³/mol. The van der Waals surface area contributed by atoms with Gasteiger partial charge in [0, 0.05) is 0 Å². The van der Waals surface area contributed by atoms with Crippen molar-refractivity contribution >= 4 is 0 Å². The van der Waals surface area contributed by atoms with Crippen molar-refractivity contribution in [3.63, 3.8) is 0 Å². The van der Waals surface area contributed by atoms with Crippen LogP contribution < -0.4 is 0 Å². The van der Waals surface area contributed by atoms with E-state index in [4.69, 9.17) is 9.47 Å². The normalized spacial score (nSPS) is 23.9. The average Bonchev–Trinajstić information content (AvgIpc) is 3.00. The summed E-state index contributed by atoms with van der Waals surface area (Å²) in [7, 11) is 0. The van der Waals surface area contributed by atoms with Crippen molar-refractivity contribution in [3.05, 3.63) is 12.3 Å². The van der Waals surface area contributed by atoms with E-state index in [2.05, 4.69) is 6.92 Å². The fraction of sp³-hybridized carbons (Fsp3) is 0.909. The fourth-order valence-electron chi connectivity index (χ4n) is 3.45. The highest BCUT2D eigenvalue weighted by molar-refractivity contribution is 4.88. The lowest BCUT2D eigenvalue weighted by molar-refractivity contribution is -0.0703. The number of allylic oxidation sites excluding steroid dienone is 1. The van der Waals surface area contributed by atoms with Crippen molar-refractivity contribution < 1.29 is 24.8 Å². The third-order valence-corrected chi connectivity index (χ3v) is 5.25. The van der Waals surface area contributed by atoms with Crippen LogP contribution in [0.2, 0.25) is 0 Å². The van der Waals surface area contributed by atoms with Crippen LogP contribution in [0, 0.1) is 0 Å². The molecule has 0 aromatic carbocycles. The Bertz CT molecular complexity index is 361. The molecule has 0 spiro atoms. The summed E-state index contributed by atoms with van der Waals surface area (Å²) in [5, 5.41) is 28.9. The number of rotatable bonds is 17. The van der Waals surface area contributed by atoms with Gasteiger partial charge in [-0.25, -0.2) is 0 Å². The van der Waals surface area contributed by atoms with E-state index in [0.717, 1.165) is 12.8 Å². The van der Waals surface area contributed by atoms with E-state index in [-0.39, 0.29) is 13.2 Å². The minimum atomic E-state index is -1.05. The lowest BCUT2D eigenvalue weighted by atomic mass is 10.0. The second kappa shape index (κ2) is 16.3. The van der Waals surface area contributed by atoms with Crippen molar-refractivity contribution in [1.29, 1.82) is 0 Å². The molecule has 1 rings (SSSR count). The summed E-state index contributed by atoms with van der Waals surface area (Å²) in [6.45, 7) is 2.37. The number of ether oxygens (including phenoxy) is 2. The molecule has 1 saturated heterocycles. The maximum Gasteiger partial charge on any atom is 0.117 e. The SMILES string of the molecule is CCCCCCCCCCCCCC/C=C/OC[C@@H](O)[C@H]1OC[C@H](O)[C@H]1O. The molecule has 0 bridgehead atoms. The van der Waals surface area contributed by atoms with Gasteiger partial charge in [0.2, 0.25) is 0 Å². The summed E-state index contributed by atoms with van der Waals surface area (Å²) >= 11 is 0. The zero-order valence-electron chi connectivity index (χ0n) is 17.2. The zero-order valence-corrected chi connectivity index (χ0v) is 17.2. The molecule has 160 valence electrons. The molecule has 3 N–H and O–H groups in total. The van der Waals surface area contributed by atoms with Gasteiger partial charge in [0.25, 0.3) is 0 Å². The first kappa shape index (κ1) is 24.4. The Morgan fingerprint density at radius 3 is 2.00 bits per heavy atom. The molecule has 5 nitrogen and oxygen atoms in total. The maximum absolute atomic E-state index is 9.90. The lowest BCUT2D eigenvalue weighted by Crippen LogP contribution is -2.40. The van der Waals surface area contributed by atoms with Crippen LogP contribution in [0.3, 0.4) is 0 Å². The van der Waals surface area contributed by atoms with Crippen LogP contribution in [0.5, 0.6) is 0 Å². The molecule has 1 aliphatic rings. The van der Waals surface area contributed by atoms with Gasteiger partial charge in [-0.3, -0.25) is 0 Å². The van der Waals surface area contributed by atoms with Gasteiger partial charge in [-0.15, -0.1) is 0 Å². The molecular weight excluding hydrogens is 344 g/mol. The van der Waals surface area contributed by atoms with Crippen LogP contribution in [0.1, 0.15) is 90.4 Å². The van der Waals surface area contributed by atoms with Crippen molar-refractivity contribution in [3.8, 4) is 0 Å². The Kier molecular flexibility index (Phi) is 14.8. The van der Waals surface area contributed by atoms with Gasteiger partial charge in [0.1, 0.15) is 31.0 Å². The van der Waals surface area contributed by atoms with Crippen LogP contribution in [0.4, 0.5) is 0 Å². The summed E-state index contributed by atoms with van der Waals surface area (Å²) in [5.41, 5.74) is 0. The van der Waals surface area contributed by atoms with Gasteiger partial charge >= 0.3 is 0 Å². The second-order valence-electron chi connectivity index (χ2n) is 7.81. The first-order valence-corrected chi connectivity index (χ1v) is 11.1. The molecular formula is C22H42O5. The number of hydrogen-bond donors (Lipinski definition) is 3. The van der Waals surface area contributed by atoms with Crippen LogP contribution in [-0.4, -0.2) is 52.9 Å². The van der Waals surface area contributed by atoms with E-state index in [0.29, 0.717) is 0 Å². The van der Waals surface area contributed by atoms with Crippen molar-refractivity contribution in [1.82, 2.24) is 0 Å². The van der Waals surface area contributed by atoms with Crippen molar-refractivity contribution in [2.45, 2.75) is 115 Å². The van der Waals surface area contributed by atoms with Crippen molar-refractivity contribution in [2.24, 2.45) is 0 Å². The van der Waals surface area contributed by atoms with E-state index in [1.54, 1.807) is 6.26 Å². The monoisotopic (exact) mass is 386 g/mol. The molecule has 27 heavy (non-hydrogen) atoms. The van der Waals surface area contributed by atoms with Crippen LogP contribution in [0.15, 0.2) is 12.3 Å². The largest absolute Gasteiger partial charge is 0.499 e. The van der Waals surface area contributed by atoms with Crippen molar-refractivity contribution in [2.75, 3.05) is 13.2 Å². The first-order chi connectivity index (χ1) is 13.2. The Hall–Kier alpha value is -0.620. The molecule has 0 aliphatic carbocycles. The minimum absolute atomic E-state index is 0.0533. The summed E-state index contributed by atoms with van der Waals surface area (Å²) in [6.07, 6.45) is 17.1. The van der Waals surface area contributed by atoms with Gasteiger partial charge < -0.3 is 24.8 Å². The number of hydrogen-bond acceptors (Lipinski definition) is 5. The maximum atomic E-state index is 9.90. The molecule has 0 amide bonds. The molecule has 0 radical (unpaired) electrons. The highest BCUT2D eigenvalue weighted by Crippen LogP contribution is 2.18. The molecule has 1 fully saturated rings. The van der Waals surface area contributed by atoms with Gasteiger partial charge in [-0.05, 0) is 18.9 Å². The highest BCUT2D eigenvalue weighted by Gasteiger charge is 2.39. The van der Waals surface area contributed by atoms with Gasteiger partial charge in [-0.1, -0.05) is 77.6 Å². The fourth-order valence-corrected chi connectivity index (χ4v) is 3.45. The molecule has 0 aromatic rings. The number of aliphatic hydroxyl groups is 3. The second-order valence-corrected chi connectivity index (χ2v) is 7.81. The highest BCUT2D eigenvalue weighted by atomic mass is 16.5. The molecule has 5 heteroatoms. The molecule has 1 heterocycles. The summed E-state index contributed by atoms with van der Waals surface area (Å²) < 4.78 is 10.5. The lowest BCUT2D eigenvalue weighted by Gasteiger charge is -2.20. The summed E-state index contributed by atoms with van der Waals surface area (Å²) in [5.74, 6) is 0. The Balaban J connectivity index is 1.83. The minimum Gasteiger partial charge on any atom is -0.499 e. The predicted octanol–water partition coefficient (Wildman–Crippen LogP) is 4.09. The Morgan fingerprint density at radius 2 is 1.48 bits per heavy atom. The summed E-state index contributed by atoms with van der Waals surface area (Å²) in [6, 6.07) is 0. The van der Waals surface area contributed by atoms with E-state index in [1.807, 2.05) is 6.08 Å². The number of unbranched alkanes of at least 4 members (excludes halogenated alkanes) is 12. The number of aliphatic hydroxyl groups excluding tert-OH is 3. The van der Waals surface area contributed by atoms with Crippen LogP contribution in [0.25, 0.3) is 0 Å². The van der Waals surface area contributed by atoms with Crippen LogP contribution in [-0.2, 0) is 9.47 Å². The Labute approximate surface area is 165 Å². The molecule has 0 saturated carbocycles. The third-order valence-electron chi connectivity index (χ3n) is 5.25. The first-order valence-electron chi connectivity index (χ1n) is 11.1. The van der Waals surface area contributed by atoms with E-state index < -0.39 is 24.4 Å². The van der Waals surface area contributed by atoms with Gasteiger partial charge in [0.15, 0.2) is 0 Å². The zero-order chi connectivity index (χ0) is 19.7. The smallest absolute Gasteiger partial charge is 0.117 e. The van der Waals surface area contributed by atoms with E-state index in [1.165, 1.54) is 70.6 Å². The Morgan fingerprint density at radius 1 is 0.926 bits per heavy atom. The molecule has 0 aromatic heterocycles. The molecule has 4 atom stereocenters. The van der Waals surface area contributed by atoms with Gasteiger partial charge in [0.05, 0.1) is 12.9 Å². The van der Waals surface area contributed by atoms with Gasteiger partial charge in [-0.2, -0.15) is 0 Å². The summed E-state index contributed by atoms with van der Waals surface area (Å²) in [4.78, 5) is 0. The molecule has 1 aliphatic heterocycles. The van der Waals surface area contributed by atoms with Crippen LogP contribution >= 0.6 is 0 Å². The van der Waals surface area contributed by atoms with E-state index >= 15 is 0 Å². The standard InChI is InChI=1S/C22H42O5/c1-2-3-4-5-6-7-8-9-10-11-12-13-14-15-16-26-17-20(24)22-21(25)19(23)18-27-22/h15-16,19-25H,2-14,17-18H2,1H3/b16-15+/t19-,20+,21+,22+/m0/s1. The molecule has 0 unspecified atom stereocenters. The quantitative estimate of drug-likeness (QED) is 0.259.